The molecule has 0 bridgehead atoms. The van der Waals surface area contributed by atoms with Gasteiger partial charge in [0.1, 0.15) is 0 Å². The molecule has 1 aliphatic rings. The zero-order valence-corrected chi connectivity index (χ0v) is 19.9. The van der Waals surface area contributed by atoms with Crippen LogP contribution in [0.1, 0.15) is 51.3 Å². The standard InChI is InChI=1S/C26H32N2O6/c1-25(2)16-32-26(3,4)34-22(25)24(31)33-19(15-20(27)29)23(30)28-21(17-11-7-5-8-12-17)18-13-9-6-10-14-18/h5-14,19,21-22H,15-16H2,1-4H3,(H2,27,29)(H,28,30)/t19?,22-/m0/s1. The predicted octanol–water partition coefficient (Wildman–Crippen LogP) is 2.86. The van der Waals surface area contributed by atoms with E-state index < -0.39 is 53.7 Å². The Hall–Kier alpha value is -3.23. The van der Waals surface area contributed by atoms with Gasteiger partial charge in [0.15, 0.2) is 18.0 Å². The lowest BCUT2D eigenvalue weighted by Gasteiger charge is -2.44. The van der Waals surface area contributed by atoms with Crippen LogP contribution in [0.25, 0.3) is 0 Å². The van der Waals surface area contributed by atoms with Gasteiger partial charge in [0.05, 0.1) is 19.1 Å². The maximum Gasteiger partial charge on any atom is 0.336 e. The monoisotopic (exact) mass is 468 g/mol. The van der Waals surface area contributed by atoms with Crippen molar-refractivity contribution >= 4 is 17.8 Å². The second-order valence-electron chi connectivity index (χ2n) is 9.53. The van der Waals surface area contributed by atoms with Gasteiger partial charge in [0, 0.05) is 5.41 Å². The summed E-state index contributed by atoms with van der Waals surface area (Å²) in [7, 11) is 0. The minimum atomic E-state index is -1.41. The maximum atomic E-state index is 13.3. The minimum absolute atomic E-state index is 0.260. The van der Waals surface area contributed by atoms with Crippen molar-refractivity contribution in [3.8, 4) is 0 Å². The van der Waals surface area contributed by atoms with Crippen molar-refractivity contribution in [2.24, 2.45) is 11.1 Å². The number of nitrogens with two attached hydrogens (primary N) is 1. The first-order chi connectivity index (χ1) is 16.0. The lowest BCUT2D eigenvalue weighted by Crippen LogP contribution is -2.55. The van der Waals surface area contributed by atoms with Gasteiger partial charge < -0.3 is 25.3 Å². The van der Waals surface area contributed by atoms with Crippen LogP contribution in [-0.2, 0) is 28.6 Å². The number of nitrogens with one attached hydrogen (secondary N) is 1. The zero-order chi connectivity index (χ0) is 24.9. The molecule has 1 saturated heterocycles. The Kier molecular flexibility index (Phi) is 7.74. The molecule has 1 fully saturated rings. The molecular formula is C26H32N2O6. The van der Waals surface area contributed by atoms with E-state index in [1.165, 1.54) is 0 Å². The number of primary amides is 1. The molecule has 1 aliphatic heterocycles. The highest BCUT2D eigenvalue weighted by molar-refractivity contribution is 5.90. The number of hydrogen-bond donors (Lipinski definition) is 2. The fourth-order valence-electron chi connectivity index (χ4n) is 3.74. The van der Waals surface area contributed by atoms with Gasteiger partial charge in [-0.1, -0.05) is 74.5 Å². The van der Waals surface area contributed by atoms with Gasteiger partial charge in [0.25, 0.3) is 5.91 Å². The number of amides is 2. The summed E-state index contributed by atoms with van der Waals surface area (Å²) in [6.07, 6.45) is -2.86. The maximum absolute atomic E-state index is 13.3. The third-order valence-electron chi connectivity index (χ3n) is 5.61. The number of esters is 1. The SMILES string of the molecule is CC1(C)OCC(C)(C)[C@H](C(=O)OC(CC(N)=O)C(=O)NC(c2ccccc2)c2ccccc2)O1. The van der Waals surface area contributed by atoms with Crippen molar-refractivity contribution < 1.29 is 28.6 Å². The first-order valence-corrected chi connectivity index (χ1v) is 11.2. The molecule has 0 aliphatic carbocycles. The van der Waals surface area contributed by atoms with Crippen LogP contribution in [0.4, 0.5) is 0 Å². The quantitative estimate of drug-likeness (QED) is 0.576. The first kappa shape index (κ1) is 25.4. The fraction of sp³-hybridized carbons (Fsp3) is 0.423. The molecule has 8 heteroatoms. The van der Waals surface area contributed by atoms with E-state index in [1.54, 1.807) is 27.7 Å². The topological polar surface area (TPSA) is 117 Å². The molecule has 182 valence electrons. The molecule has 3 N–H and O–H groups in total. The number of carbonyl (C=O) groups excluding carboxylic acids is 3. The van der Waals surface area contributed by atoms with Gasteiger partial charge in [-0.25, -0.2) is 4.79 Å². The third-order valence-corrected chi connectivity index (χ3v) is 5.61. The van der Waals surface area contributed by atoms with E-state index in [9.17, 15) is 14.4 Å². The van der Waals surface area contributed by atoms with E-state index in [-0.39, 0.29) is 6.61 Å². The van der Waals surface area contributed by atoms with E-state index in [2.05, 4.69) is 5.32 Å². The Morgan fingerprint density at radius 3 is 2.03 bits per heavy atom. The van der Waals surface area contributed by atoms with Crippen LogP contribution in [-0.4, -0.2) is 42.4 Å². The lowest BCUT2D eigenvalue weighted by atomic mass is 9.86. The lowest BCUT2D eigenvalue weighted by molar-refractivity contribution is -0.309. The van der Waals surface area contributed by atoms with Gasteiger partial charge in [-0.05, 0) is 25.0 Å². The summed E-state index contributed by atoms with van der Waals surface area (Å²) >= 11 is 0. The average Bonchev–Trinajstić information content (AvgIpc) is 2.79. The van der Waals surface area contributed by atoms with Crippen LogP contribution < -0.4 is 11.1 Å². The van der Waals surface area contributed by atoms with Crippen LogP contribution in [0, 0.1) is 5.41 Å². The number of benzene rings is 2. The number of carbonyl (C=O) groups is 3. The van der Waals surface area contributed by atoms with Crippen molar-refractivity contribution in [1.82, 2.24) is 5.32 Å². The summed E-state index contributed by atoms with van der Waals surface area (Å²) < 4.78 is 17.0. The molecule has 2 aromatic carbocycles. The second-order valence-corrected chi connectivity index (χ2v) is 9.53. The molecule has 34 heavy (non-hydrogen) atoms. The Bertz CT molecular complexity index is 967. The van der Waals surface area contributed by atoms with Crippen LogP contribution in [0.2, 0.25) is 0 Å². The second kappa shape index (κ2) is 10.4. The first-order valence-electron chi connectivity index (χ1n) is 11.2. The van der Waals surface area contributed by atoms with Crippen molar-refractivity contribution in [3.63, 3.8) is 0 Å². The van der Waals surface area contributed by atoms with Crippen LogP contribution in [0.3, 0.4) is 0 Å². The Morgan fingerprint density at radius 1 is 1.00 bits per heavy atom. The van der Waals surface area contributed by atoms with Crippen LogP contribution >= 0.6 is 0 Å². The summed E-state index contributed by atoms with van der Waals surface area (Å²) in [6, 6.07) is 18.2. The van der Waals surface area contributed by atoms with E-state index >= 15 is 0 Å². The highest BCUT2D eigenvalue weighted by atomic mass is 16.7. The molecule has 2 atom stereocenters. The van der Waals surface area contributed by atoms with Gasteiger partial charge in [-0.3, -0.25) is 9.59 Å². The molecule has 2 amide bonds. The Morgan fingerprint density at radius 2 is 1.53 bits per heavy atom. The number of rotatable bonds is 8. The molecule has 3 rings (SSSR count). The van der Waals surface area contributed by atoms with E-state index in [0.29, 0.717) is 0 Å². The van der Waals surface area contributed by atoms with E-state index in [1.807, 2.05) is 60.7 Å². The summed E-state index contributed by atoms with van der Waals surface area (Å²) in [5.74, 6) is -3.14. The molecule has 0 radical (unpaired) electrons. The van der Waals surface area contributed by atoms with Crippen LogP contribution in [0.5, 0.6) is 0 Å². The van der Waals surface area contributed by atoms with Crippen molar-refractivity contribution in [3.05, 3.63) is 71.8 Å². The molecule has 0 aromatic heterocycles. The summed E-state index contributed by atoms with van der Waals surface area (Å²) in [4.78, 5) is 38.1. The largest absolute Gasteiger partial charge is 0.450 e. The molecular weight excluding hydrogens is 436 g/mol. The van der Waals surface area contributed by atoms with E-state index in [4.69, 9.17) is 19.9 Å². The van der Waals surface area contributed by atoms with Crippen molar-refractivity contribution in [2.45, 2.75) is 58.2 Å². The average molecular weight is 469 g/mol. The molecule has 1 heterocycles. The normalized spacial score (nSPS) is 19.7. The number of ether oxygens (including phenoxy) is 3. The fourth-order valence-corrected chi connectivity index (χ4v) is 3.74. The molecule has 1 unspecified atom stereocenters. The van der Waals surface area contributed by atoms with Crippen molar-refractivity contribution in [2.75, 3.05) is 6.61 Å². The molecule has 0 saturated carbocycles. The summed E-state index contributed by atoms with van der Waals surface area (Å²) in [6.45, 7) is 7.26. The van der Waals surface area contributed by atoms with Crippen molar-refractivity contribution in [1.29, 1.82) is 0 Å². The highest BCUT2D eigenvalue weighted by Crippen LogP contribution is 2.35. The summed E-state index contributed by atoms with van der Waals surface area (Å²) in [5, 5.41) is 2.91. The van der Waals surface area contributed by atoms with Gasteiger partial charge in [-0.2, -0.15) is 0 Å². The van der Waals surface area contributed by atoms with E-state index in [0.717, 1.165) is 11.1 Å². The van der Waals surface area contributed by atoms with Crippen LogP contribution in [0.15, 0.2) is 60.7 Å². The molecule has 2 aromatic rings. The van der Waals surface area contributed by atoms with Gasteiger partial charge in [0.2, 0.25) is 5.91 Å². The Balaban J connectivity index is 1.83. The molecule has 8 nitrogen and oxygen atoms in total. The predicted molar refractivity (Wildman–Crippen MR) is 125 cm³/mol. The highest BCUT2D eigenvalue weighted by Gasteiger charge is 2.47. The van der Waals surface area contributed by atoms with Gasteiger partial charge in [-0.15, -0.1) is 0 Å². The van der Waals surface area contributed by atoms with Gasteiger partial charge >= 0.3 is 5.97 Å². The molecule has 0 spiro atoms. The summed E-state index contributed by atoms with van der Waals surface area (Å²) in [5.41, 5.74) is 6.35. The third kappa shape index (κ3) is 6.42. The smallest absolute Gasteiger partial charge is 0.336 e. The zero-order valence-electron chi connectivity index (χ0n) is 19.9. The number of hydrogen-bond acceptors (Lipinski definition) is 6. The Labute approximate surface area is 199 Å². The minimum Gasteiger partial charge on any atom is -0.450 e.